The largest absolute Gasteiger partial charge is 0.338 e. The van der Waals surface area contributed by atoms with E-state index >= 15 is 0 Å². The first-order valence-electron chi connectivity index (χ1n) is 9.07. The van der Waals surface area contributed by atoms with Gasteiger partial charge in [0.1, 0.15) is 5.69 Å². The zero-order chi connectivity index (χ0) is 19.7. The molecule has 1 saturated heterocycles. The van der Waals surface area contributed by atoms with Crippen molar-refractivity contribution in [3.8, 4) is 11.6 Å². The fraction of sp³-hybridized carbons (Fsp3) is 0.368. The summed E-state index contributed by atoms with van der Waals surface area (Å²) >= 11 is 0. The van der Waals surface area contributed by atoms with Gasteiger partial charge in [-0.25, -0.2) is 13.5 Å². The van der Waals surface area contributed by atoms with Crippen molar-refractivity contribution >= 4 is 5.95 Å². The van der Waals surface area contributed by atoms with Crippen LogP contribution in [0, 0.1) is 17.6 Å². The predicted molar refractivity (Wildman–Crippen MR) is 97.8 cm³/mol. The Labute approximate surface area is 159 Å². The number of rotatable bonds is 4. The Morgan fingerprint density at radius 1 is 1.14 bits per heavy atom. The first-order chi connectivity index (χ1) is 13.5. The van der Waals surface area contributed by atoms with Gasteiger partial charge in [-0.15, -0.1) is 0 Å². The first-order valence-corrected chi connectivity index (χ1v) is 9.07. The van der Waals surface area contributed by atoms with Crippen molar-refractivity contribution in [3.05, 3.63) is 57.9 Å². The van der Waals surface area contributed by atoms with Crippen LogP contribution in [0.1, 0.15) is 18.4 Å². The minimum Gasteiger partial charge on any atom is -0.338 e. The number of aryl methyl sites for hydroxylation is 1. The summed E-state index contributed by atoms with van der Waals surface area (Å²) in [5, 5.41) is 8.13. The van der Waals surface area contributed by atoms with Crippen LogP contribution < -0.4 is 10.5 Å². The van der Waals surface area contributed by atoms with E-state index in [4.69, 9.17) is 4.52 Å². The SMILES string of the molecule is Cn1nc(-c2nc(N3CCC(Cc4ccc(F)c(F)c4)CC3)no2)ccc1=O. The number of nitrogens with zero attached hydrogens (tertiary/aromatic N) is 5. The molecule has 28 heavy (non-hydrogen) atoms. The first kappa shape index (κ1) is 18.3. The normalized spacial score (nSPS) is 15.2. The fourth-order valence-corrected chi connectivity index (χ4v) is 3.40. The van der Waals surface area contributed by atoms with Gasteiger partial charge in [-0.2, -0.15) is 10.1 Å². The summed E-state index contributed by atoms with van der Waals surface area (Å²) in [6.07, 6.45) is 2.49. The molecule has 0 N–H and O–H groups in total. The minimum atomic E-state index is -0.820. The molecule has 0 amide bonds. The second-order valence-electron chi connectivity index (χ2n) is 6.96. The van der Waals surface area contributed by atoms with Gasteiger partial charge in [0.15, 0.2) is 11.6 Å². The molecular weight excluding hydrogens is 368 g/mol. The minimum absolute atomic E-state index is 0.216. The van der Waals surface area contributed by atoms with Crippen LogP contribution in [-0.2, 0) is 13.5 Å². The van der Waals surface area contributed by atoms with Crippen molar-refractivity contribution in [2.75, 3.05) is 18.0 Å². The molecule has 2 aromatic heterocycles. The molecule has 0 unspecified atom stereocenters. The lowest BCUT2D eigenvalue weighted by atomic mass is 9.90. The van der Waals surface area contributed by atoms with E-state index in [-0.39, 0.29) is 11.4 Å². The number of hydrogen-bond acceptors (Lipinski definition) is 6. The molecule has 1 aliphatic rings. The van der Waals surface area contributed by atoms with Crippen LogP contribution >= 0.6 is 0 Å². The molecule has 0 spiro atoms. The zero-order valence-electron chi connectivity index (χ0n) is 15.3. The predicted octanol–water partition coefficient (Wildman–Crippen LogP) is 2.57. The number of piperidine rings is 1. The Kier molecular flexibility index (Phi) is 4.89. The molecule has 9 heteroatoms. The van der Waals surface area contributed by atoms with Crippen LogP contribution in [0.25, 0.3) is 11.6 Å². The van der Waals surface area contributed by atoms with Gasteiger partial charge in [0.25, 0.3) is 17.4 Å². The van der Waals surface area contributed by atoms with Crippen molar-refractivity contribution < 1.29 is 13.3 Å². The molecule has 4 rings (SSSR count). The molecule has 3 aromatic rings. The highest BCUT2D eigenvalue weighted by atomic mass is 19.2. The highest BCUT2D eigenvalue weighted by Gasteiger charge is 2.24. The number of benzene rings is 1. The Morgan fingerprint density at radius 2 is 1.93 bits per heavy atom. The lowest BCUT2D eigenvalue weighted by Crippen LogP contribution is -2.35. The number of aromatic nitrogens is 4. The average Bonchev–Trinajstić information content (AvgIpc) is 3.18. The standard InChI is InChI=1S/C19H19F2N5O2/c1-25-17(27)5-4-16(23-25)18-22-19(24-28-18)26-8-6-12(7-9-26)10-13-2-3-14(20)15(21)11-13/h2-5,11-12H,6-10H2,1H3. The number of anilines is 1. The van der Waals surface area contributed by atoms with Crippen LogP contribution in [0.15, 0.2) is 39.6 Å². The van der Waals surface area contributed by atoms with E-state index in [1.807, 2.05) is 4.90 Å². The van der Waals surface area contributed by atoms with Crippen LogP contribution in [0.3, 0.4) is 0 Å². The molecular formula is C19H19F2N5O2. The molecule has 7 nitrogen and oxygen atoms in total. The number of halogens is 2. The zero-order valence-corrected chi connectivity index (χ0v) is 15.3. The maximum atomic E-state index is 13.4. The van der Waals surface area contributed by atoms with Crippen molar-refractivity contribution in [3.63, 3.8) is 0 Å². The third-order valence-corrected chi connectivity index (χ3v) is 5.00. The van der Waals surface area contributed by atoms with Crippen LogP contribution in [-0.4, -0.2) is 33.0 Å². The van der Waals surface area contributed by atoms with Crippen molar-refractivity contribution in [1.82, 2.24) is 19.9 Å². The maximum Gasteiger partial charge on any atom is 0.279 e. The van der Waals surface area contributed by atoms with Crippen molar-refractivity contribution in [2.45, 2.75) is 19.3 Å². The molecule has 0 saturated carbocycles. The van der Waals surface area contributed by atoms with Crippen LogP contribution in [0.5, 0.6) is 0 Å². The van der Waals surface area contributed by atoms with Gasteiger partial charge in [-0.1, -0.05) is 6.07 Å². The summed E-state index contributed by atoms with van der Waals surface area (Å²) < 4.78 is 32.9. The van der Waals surface area contributed by atoms with Gasteiger partial charge in [-0.05, 0) is 54.1 Å². The van der Waals surface area contributed by atoms with Gasteiger partial charge in [0.2, 0.25) is 0 Å². The summed E-state index contributed by atoms with van der Waals surface area (Å²) in [6, 6.07) is 7.03. The molecule has 1 aromatic carbocycles. The molecule has 0 aliphatic carbocycles. The van der Waals surface area contributed by atoms with Gasteiger partial charge in [0.05, 0.1) is 0 Å². The van der Waals surface area contributed by atoms with E-state index in [0.717, 1.165) is 31.5 Å². The maximum absolute atomic E-state index is 13.4. The van der Waals surface area contributed by atoms with E-state index in [0.29, 0.717) is 24.0 Å². The lowest BCUT2D eigenvalue weighted by molar-refractivity contribution is 0.389. The van der Waals surface area contributed by atoms with E-state index in [9.17, 15) is 13.6 Å². The Balaban J connectivity index is 1.38. The van der Waals surface area contributed by atoms with E-state index in [2.05, 4.69) is 15.2 Å². The Bertz CT molecular complexity index is 1040. The molecule has 1 aliphatic heterocycles. The topological polar surface area (TPSA) is 77.1 Å². The number of hydrogen-bond donors (Lipinski definition) is 0. The molecule has 0 bridgehead atoms. The third-order valence-electron chi connectivity index (χ3n) is 5.00. The molecule has 146 valence electrons. The van der Waals surface area contributed by atoms with Gasteiger partial charge >= 0.3 is 0 Å². The van der Waals surface area contributed by atoms with E-state index in [1.165, 1.54) is 22.9 Å². The molecule has 0 radical (unpaired) electrons. The van der Waals surface area contributed by atoms with E-state index < -0.39 is 11.6 Å². The Morgan fingerprint density at radius 3 is 2.64 bits per heavy atom. The van der Waals surface area contributed by atoms with E-state index in [1.54, 1.807) is 19.2 Å². The van der Waals surface area contributed by atoms with Gasteiger partial charge in [0, 0.05) is 26.2 Å². The highest BCUT2D eigenvalue weighted by Crippen LogP contribution is 2.26. The van der Waals surface area contributed by atoms with Crippen molar-refractivity contribution in [2.24, 2.45) is 13.0 Å². The van der Waals surface area contributed by atoms with Crippen LogP contribution in [0.4, 0.5) is 14.7 Å². The van der Waals surface area contributed by atoms with Gasteiger partial charge < -0.3 is 9.42 Å². The second kappa shape index (κ2) is 7.49. The monoisotopic (exact) mass is 387 g/mol. The molecule has 1 fully saturated rings. The fourth-order valence-electron chi connectivity index (χ4n) is 3.40. The summed E-state index contributed by atoms with van der Waals surface area (Å²) in [7, 11) is 1.56. The average molecular weight is 387 g/mol. The summed E-state index contributed by atoms with van der Waals surface area (Å²) in [6.45, 7) is 1.49. The molecule has 3 heterocycles. The van der Waals surface area contributed by atoms with Crippen molar-refractivity contribution in [1.29, 1.82) is 0 Å². The summed E-state index contributed by atoms with van der Waals surface area (Å²) in [4.78, 5) is 17.8. The second-order valence-corrected chi connectivity index (χ2v) is 6.96. The quantitative estimate of drug-likeness (QED) is 0.685. The Hall–Kier alpha value is -3.10. The summed E-state index contributed by atoms with van der Waals surface area (Å²) in [5.41, 5.74) is 1.03. The third kappa shape index (κ3) is 3.78. The van der Waals surface area contributed by atoms with Crippen LogP contribution in [0.2, 0.25) is 0 Å². The molecule has 0 atom stereocenters. The highest BCUT2D eigenvalue weighted by molar-refractivity contribution is 5.47. The summed E-state index contributed by atoms with van der Waals surface area (Å²) in [5.74, 6) is -0.495. The lowest BCUT2D eigenvalue weighted by Gasteiger charge is -2.30. The smallest absolute Gasteiger partial charge is 0.279 e. The van der Waals surface area contributed by atoms with Gasteiger partial charge in [-0.3, -0.25) is 4.79 Å².